The van der Waals surface area contributed by atoms with Crippen LogP contribution in [0.3, 0.4) is 0 Å². The number of ketones is 1. The van der Waals surface area contributed by atoms with E-state index >= 15 is 0 Å². The number of Topliss-reactive ketones (excluding diaryl/α,β-unsaturated/α-hetero) is 1. The Balaban J connectivity index is 2.69. The Hall–Kier alpha value is -2.09. The second-order valence-corrected chi connectivity index (χ2v) is 6.61. The molecule has 1 aliphatic rings. The Labute approximate surface area is 153 Å². The SMILES string of the molecule is C=N/C=C(/F)C(=O)N(C)CC(=O)C(CCCCN)NC(=O)C1CCCC1. The van der Waals surface area contributed by atoms with Crippen molar-refractivity contribution in [1.82, 2.24) is 10.2 Å². The molecular weight excluding hydrogens is 339 g/mol. The summed E-state index contributed by atoms with van der Waals surface area (Å²) in [5.74, 6) is -2.55. The van der Waals surface area contributed by atoms with Crippen LogP contribution in [0, 0.1) is 5.92 Å². The van der Waals surface area contributed by atoms with Gasteiger partial charge in [0.1, 0.15) is 0 Å². The van der Waals surface area contributed by atoms with Crippen molar-refractivity contribution in [3.8, 4) is 0 Å². The predicted molar refractivity (Wildman–Crippen MR) is 98.2 cm³/mol. The van der Waals surface area contributed by atoms with E-state index in [4.69, 9.17) is 5.73 Å². The molecule has 0 heterocycles. The summed E-state index contributed by atoms with van der Waals surface area (Å²) in [4.78, 5) is 40.9. The first-order valence-corrected chi connectivity index (χ1v) is 9.00. The van der Waals surface area contributed by atoms with Crippen LogP contribution in [0.5, 0.6) is 0 Å². The lowest BCUT2D eigenvalue weighted by molar-refractivity contribution is -0.134. The van der Waals surface area contributed by atoms with E-state index < -0.39 is 17.8 Å². The highest BCUT2D eigenvalue weighted by molar-refractivity contribution is 5.96. The van der Waals surface area contributed by atoms with E-state index in [1.165, 1.54) is 7.05 Å². The summed E-state index contributed by atoms with van der Waals surface area (Å²) in [5.41, 5.74) is 5.49. The van der Waals surface area contributed by atoms with Gasteiger partial charge in [-0.2, -0.15) is 4.39 Å². The van der Waals surface area contributed by atoms with Crippen molar-refractivity contribution < 1.29 is 18.8 Å². The van der Waals surface area contributed by atoms with Gasteiger partial charge in [0.05, 0.1) is 18.8 Å². The zero-order valence-corrected chi connectivity index (χ0v) is 15.4. The molecule has 0 aliphatic heterocycles. The zero-order valence-electron chi connectivity index (χ0n) is 15.4. The molecule has 2 amide bonds. The van der Waals surface area contributed by atoms with Crippen LogP contribution in [0.1, 0.15) is 44.9 Å². The Bertz CT molecular complexity index is 545. The molecule has 1 saturated carbocycles. The number of halogens is 1. The number of aliphatic imine (C=N–C) groups is 1. The largest absolute Gasteiger partial charge is 0.346 e. The summed E-state index contributed by atoms with van der Waals surface area (Å²) in [6.45, 7) is 3.29. The molecule has 8 heteroatoms. The van der Waals surface area contributed by atoms with Gasteiger partial charge in [0.15, 0.2) is 5.78 Å². The molecule has 1 atom stereocenters. The van der Waals surface area contributed by atoms with Gasteiger partial charge in [-0.15, -0.1) is 0 Å². The zero-order chi connectivity index (χ0) is 19.5. The standard InChI is InChI=1S/C18H29FN4O3/c1-21-11-14(19)18(26)23(2)12-16(24)15(9-5-6-10-20)22-17(25)13-7-3-4-8-13/h11,13,15H,1,3-10,12,20H2,2H3,(H,22,25)/b14-11+. The molecule has 0 radical (unpaired) electrons. The minimum absolute atomic E-state index is 0.0572. The van der Waals surface area contributed by atoms with Crippen molar-refractivity contribution in [1.29, 1.82) is 0 Å². The molecule has 3 N–H and O–H groups in total. The topological polar surface area (TPSA) is 105 Å². The van der Waals surface area contributed by atoms with Crippen LogP contribution in [-0.4, -0.2) is 55.4 Å². The summed E-state index contributed by atoms with van der Waals surface area (Å²) in [6.07, 6.45) is 6.27. The van der Waals surface area contributed by atoms with E-state index in [1.807, 2.05) is 0 Å². The van der Waals surface area contributed by atoms with Crippen molar-refractivity contribution in [2.45, 2.75) is 51.0 Å². The van der Waals surface area contributed by atoms with Crippen LogP contribution in [-0.2, 0) is 14.4 Å². The van der Waals surface area contributed by atoms with Crippen molar-refractivity contribution >= 4 is 24.3 Å². The van der Waals surface area contributed by atoms with Crippen LogP contribution in [0.4, 0.5) is 4.39 Å². The van der Waals surface area contributed by atoms with Crippen LogP contribution < -0.4 is 11.1 Å². The van der Waals surface area contributed by atoms with Crippen LogP contribution >= 0.6 is 0 Å². The fourth-order valence-electron chi connectivity index (χ4n) is 3.02. The van der Waals surface area contributed by atoms with Gasteiger partial charge in [-0.1, -0.05) is 12.8 Å². The Morgan fingerprint density at radius 1 is 1.35 bits per heavy atom. The molecule has 0 aromatic heterocycles. The van der Waals surface area contributed by atoms with Gasteiger partial charge in [-0.05, 0) is 45.4 Å². The van der Waals surface area contributed by atoms with Crippen LogP contribution in [0.15, 0.2) is 17.0 Å². The number of carbonyl (C=O) groups excluding carboxylic acids is 3. The highest BCUT2D eigenvalue weighted by atomic mass is 19.1. The van der Waals surface area contributed by atoms with Crippen molar-refractivity contribution in [2.75, 3.05) is 20.1 Å². The second kappa shape index (κ2) is 11.5. The number of nitrogens with two attached hydrogens (primary N) is 1. The van der Waals surface area contributed by atoms with Gasteiger partial charge in [-0.25, -0.2) is 0 Å². The highest BCUT2D eigenvalue weighted by Gasteiger charge is 2.28. The summed E-state index contributed by atoms with van der Waals surface area (Å²) in [7, 11) is 1.33. The first-order valence-electron chi connectivity index (χ1n) is 9.00. The first kappa shape index (κ1) is 22.0. The number of rotatable bonds is 11. The molecule has 0 aromatic rings. The highest BCUT2D eigenvalue weighted by Crippen LogP contribution is 2.25. The molecule has 0 bridgehead atoms. The van der Waals surface area contributed by atoms with Gasteiger partial charge in [0, 0.05) is 13.0 Å². The Kier molecular flexibility index (Phi) is 9.72. The van der Waals surface area contributed by atoms with E-state index in [-0.39, 0.29) is 24.2 Å². The first-order chi connectivity index (χ1) is 12.4. The number of nitrogens with zero attached hydrogens (tertiary/aromatic N) is 2. The molecule has 1 unspecified atom stereocenters. The number of hydrogen-bond donors (Lipinski definition) is 2. The minimum Gasteiger partial charge on any atom is -0.346 e. The van der Waals surface area contributed by atoms with E-state index in [0.29, 0.717) is 25.6 Å². The molecule has 1 rings (SSSR count). The average Bonchev–Trinajstić information content (AvgIpc) is 3.15. The molecule has 0 saturated heterocycles. The quantitative estimate of drug-likeness (QED) is 0.326. The van der Waals surface area contributed by atoms with Crippen LogP contribution in [0.2, 0.25) is 0 Å². The van der Waals surface area contributed by atoms with Crippen molar-refractivity contribution in [2.24, 2.45) is 16.6 Å². The Morgan fingerprint density at radius 3 is 2.58 bits per heavy atom. The number of carbonyl (C=O) groups is 3. The van der Waals surface area contributed by atoms with E-state index in [0.717, 1.165) is 37.0 Å². The summed E-state index contributed by atoms with van der Waals surface area (Å²) >= 11 is 0. The minimum atomic E-state index is -1.09. The number of likely N-dealkylation sites (N-methyl/N-ethyl adjacent to an activating group) is 1. The smallest absolute Gasteiger partial charge is 0.284 e. The maximum atomic E-state index is 13.5. The lowest BCUT2D eigenvalue weighted by Crippen LogP contribution is -2.47. The monoisotopic (exact) mass is 368 g/mol. The second-order valence-electron chi connectivity index (χ2n) is 6.61. The predicted octanol–water partition coefficient (Wildman–Crippen LogP) is 1.33. The molecule has 1 aliphatic carbocycles. The lowest BCUT2D eigenvalue weighted by Gasteiger charge is -2.23. The summed E-state index contributed by atoms with van der Waals surface area (Å²) in [6, 6.07) is -0.700. The molecule has 146 valence electrons. The third kappa shape index (κ3) is 7.03. The van der Waals surface area contributed by atoms with Gasteiger partial charge >= 0.3 is 0 Å². The third-order valence-electron chi connectivity index (χ3n) is 4.53. The molecule has 7 nitrogen and oxygen atoms in total. The van der Waals surface area contributed by atoms with Crippen molar-refractivity contribution in [3.05, 3.63) is 12.0 Å². The van der Waals surface area contributed by atoms with Crippen molar-refractivity contribution in [3.63, 3.8) is 0 Å². The lowest BCUT2D eigenvalue weighted by atomic mass is 10.0. The number of nitrogens with one attached hydrogen (secondary N) is 1. The third-order valence-corrected chi connectivity index (χ3v) is 4.53. The van der Waals surface area contributed by atoms with Crippen LogP contribution in [0.25, 0.3) is 0 Å². The number of unbranched alkanes of at least 4 members (excludes halogenated alkanes) is 1. The van der Waals surface area contributed by atoms with Gasteiger partial charge < -0.3 is 16.0 Å². The van der Waals surface area contributed by atoms with Gasteiger partial charge in [0.25, 0.3) is 5.91 Å². The molecule has 26 heavy (non-hydrogen) atoms. The maximum absolute atomic E-state index is 13.5. The van der Waals surface area contributed by atoms with Gasteiger partial charge in [0.2, 0.25) is 11.7 Å². The molecule has 0 spiro atoms. The van der Waals surface area contributed by atoms with Gasteiger partial charge in [-0.3, -0.25) is 19.4 Å². The molecule has 1 fully saturated rings. The maximum Gasteiger partial charge on any atom is 0.284 e. The number of hydrogen-bond acceptors (Lipinski definition) is 5. The summed E-state index contributed by atoms with van der Waals surface area (Å²) in [5, 5.41) is 2.81. The van der Waals surface area contributed by atoms with E-state index in [2.05, 4.69) is 17.0 Å². The van der Waals surface area contributed by atoms with E-state index in [1.54, 1.807) is 0 Å². The fourth-order valence-corrected chi connectivity index (χ4v) is 3.02. The fraction of sp³-hybridized carbons (Fsp3) is 0.667. The average molecular weight is 368 g/mol. The van der Waals surface area contributed by atoms with E-state index in [9.17, 15) is 18.8 Å². The Morgan fingerprint density at radius 2 is 2.00 bits per heavy atom. The molecular formula is C18H29FN4O3. The number of amides is 2. The summed E-state index contributed by atoms with van der Waals surface area (Å²) < 4.78 is 13.5. The molecule has 0 aromatic carbocycles. The normalized spacial score (nSPS) is 16.2.